The first-order chi connectivity index (χ1) is 13.0. The molecule has 0 saturated carbocycles. The van der Waals surface area contributed by atoms with E-state index in [2.05, 4.69) is 26.3 Å². The van der Waals surface area contributed by atoms with E-state index in [0.29, 0.717) is 21.9 Å². The molecule has 2 aromatic carbocycles. The third kappa shape index (κ3) is 5.21. The molecule has 3 rings (SSSR count). The van der Waals surface area contributed by atoms with Gasteiger partial charge in [-0.3, -0.25) is 9.48 Å². The van der Waals surface area contributed by atoms with Gasteiger partial charge in [-0.05, 0) is 51.3 Å². The summed E-state index contributed by atoms with van der Waals surface area (Å²) in [5.74, 6) is 0.950. The highest BCUT2D eigenvalue weighted by Crippen LogP contribution is 2.22. The van der Waals surface area contributed by atoms with E-state index >= 15 is 0 Å². The molecule has 0 aliphatic heterocycles. The van der Waals surface area contributed by atoms with Crippen LogP contribution >= 0.6 is 27.5 Å². The number of nitrogens with zero attached hydrogens (tertiary/aromatic N) is 2. The lowest BCUT2D eigenvalue weighted by Crippen LogP contribution is -2.09. The molecule has 27 heavy (non-hydrogen) atoms. The van der Waals surface area contributed by atoms with Gasteiger partial charge < -0.3 is 10.1 Å². The molecule has 1 aromatic heterocycles. The zero-order valence-corrected chi connectivity index (χ0v) is 16.9. The summed E-state index contributed by atoms with van der Waals surface area (Å²) in [5.41, 5.74) is 1.85. The zero-order chi connectivity index (χ0) is 19.2. The van der Waals surface area contributed by atoms with Crippen molar-refractivity contribution in [2.45, 2.75) is 6.54 Å². The van der Waals surface area contributed by atoms with Crippen molar-refractivity contribution in [2.75, 3.05) is 12.4 Å². The van der Waals surface area contributed by atoms with Crippen LogP contribution in [0.1, 0.15) is 11.1 Å². The monoisotopic (exact) mass is 445 g/mol. The number of halogens is 2. The molecular formula is C20H17BrClN3O2. The summed E-state index contributed by atoms with van der Waals surface area (Å²) in [5, 5.41) is 7.83. The molecule has 0 aliphatic rings. The highest BCUT2D eigenvalue weighted by Gasteiger charge is 2.10. The molecule has 0 atom stereocenters. The van der Waals surface area contributed by atoms with Crippen LogP contribution in [0.3, 0.4) is 0 Å². The zero-order valence-electron chi connectivity index (χ0n) is 14.5. The largest absolute Gasteiger partial charge is 0.497 e. The number of nitrogens with one attached hydrogen (secondary N) is 1. The lowest BCUT2D eigenvalue weighted by atomic mass is 10.2. The van der Waals surface area contributed by atoms with Crippen LogP contribution in [0, 0.1) is 0 Å². The Morgan fingerprint density at radius 3 is 2.70 bits per heavy atom. The molecule has 138 valence electrons. The van der Waals surface area contributed by atoms with E-state index in [9.17, 15) is 4.79 Å². The minimum atomic E-state index is -0.269. The Morgan fingerprint density at radius 1 is 1.26 bits per heavy atom. The second-order valence-corrected chi connectivity index (χ2v) is 6.97. The van der Waals surface area contributed by atoms with Crippen LogP contribution in [-0.2, 0) is 11.3 Å². The summed E-state index contributed by atoms with van der Waals surface area (Å²) < 4.78 is 7.52. The van der Waals surface area contributed by atoms with Gasteiger partial charge in [0.25, 0.3) is 0 Å². The van der Waals surface area contributed by atoms with Gasteiger partial charge in [0.05, 0.1) is 18.1 Å². The minimum absolute atomic E-state index is 0.269. The molecule has 1 heterocycles. The molecule has 1 N–H and O–H groups in total. The molecule has 0 saturated heterocycles. The van der Waals surface area contributed by atoms with E-state index in [4.69, 9.17) is 16.3 Å². The van der Waals surface area contributed by atoms with Crippen LogP contribution in [0.2, 0.25) is 5.02 Å². The first kappa shape index (κ1) is 19.2. The van der Waals surface area contributed by atoms with Crippen molar-refractivity contribution < 1.29 is 9.53 Å². The molecule has 0 bridgehead atoms. The molecule has 5 nitrogen and oxygen atoms in total. The maximum Gasteiger partial charge on any atom is 0.249 e. The summed E-state index contributed by atoms with van der Waals surface area (Å²) in [4.78, 5) is 12.2. The Morgan fingerprint density at radius 2 is 2.00 bits per heavy atom. The lowest BCUT2D eigenvalue weighted by Gasteiger charge is -2.04. The topological polar surface area (TPSA) is 56.1 Å². The van der Waals surface area contributed by atoms with Crippen molar-refractivity contribution >= 4 is 45.3 Å². The van der Waals surface area contributed by atoms with Crippen LogP contribution in [0.5, 0.6) is 5.75 Å². The summed E-state index contributed by atoms with van der Waals surface area (Å²) in [7, 11) is 1.61. The smallest absolute Gasteiger partial charge is 0.249 e. The molecule has 7 heteroatoms. The summed E-state index contributed by atoms with van der Waals surface area (Å²) in [6.07, 6.45) is 4.98. The number of ether oxygens (including phenoxy) is 1. The highest BCUT2D eigenvalue weighted by molar-refractivity contribution is 9.10. The fraction of sp³-hybridized carbons (Fsp3) is 0.100. The quantitative estimate of drug-likeness (QED) is 0.542. The van der Waals surface area contributed by atoms with Crippen LogP contribution in [0.15, 0.2) is 65.3 Å². The fourth-order valence-electron chi connectivity index (χ4n) is 2.41. The van der Waals surface area contributed by atoms with Crippen LogP contribution < -0.4 is 10.1 Å². The van der Waals surface area contributed by atoms with Gasteiger partial charge in [-0.1, -0.05) is 41.9 Å². The van der Waals surface area contributed by atoms with Crippen molar-refractivity contribution in [3.8, 4) is 5.75 Å². The maximum absolute atomic E-state index is 12.2. The molecule has 3 aromatic rings. The Labute approximate surface area is 170 Å². The highest BCUT2D eigenvalue weighted by atomic mass is 79.9. The number of anilines is 1. The van der Waals surface area contributed by atoms with Gasteiger partial charge in [0.1, 0.15) is 5.75 Å². The van der Waals surface area contributed by atoms with Crippen LogP contribution in [0.25, 0.3) is 6.08 Å². The molecule has 0 radical (unpaired) electrons. The van der Waals surface area contributed by atoms with E-state index in [0.717, 1.165) is 16.9 Å². The number of carbonyl (C=O) groups is 1. The van der Waals surface area contributed by atoms with Gasteiger partial charge in [-0.15, -0.1) is 0 Å². The molecular weight excluding hydrogens is 430 g/mol. The number of carbonyl (C=O) groups excluding carboxylic acids is 1. The number of aromatic nitrogens is 2. The molecule has 0 aliphatic carbocycles. The van der Waals surface area contributed by atoms with E-state index in [1.807, 2.05) is 48.5 Å². The molecule has 0 fully saturated rings. The van der Waals surface area contributed by atoms with Crippen molar-refractivity contribution in [2.24, 2.45) is 0 Å². The third-order valence-electron chi connectivity index (χ3n) is 3.79. The van der Waals surface area contributed by atoms with Gasteiger partial charge in [0.15, 0.2) is 5.82 Å². The molecule has 1 amide bonds. The standard InChI is InChI=1S/C20H17BrClN3O2/c1-27-16-9-6-14(7-10-16)8-11-19(26)23-20-17(21)13-25(24-20)12-15-4-2-3-5-18(15)22/h2-11,13H,12H2,1H3,(H,23,24,26)/b11-8+. The average molecular weight is 447 g/mol. The van der Waals surface area contributed by atoms with E-state index < -0.39 is 0 Å². The second kappa shape index (κ2) is 8.88. The predicted molar refractivity (Wildman–Crippen MR) is 111 cm³/mol. The summed E-state index contributed by atoms with van der Waals surface area (Å²) >= 11 is 9.60. The first-order valence-electron chi connectivity index (χ1n) is 8.14. The maximum atomic E-state index is 12.2. The number of methoxy groups -OCH3 is 1. The minimum Gasteiger partial charge on any atom is -0.497 e. The van der Waals surface area contributed by atoms with Crippen LogP contribution in [0.4, 0.5) is 5.82 Å². The van der Waals surface area contributed by atoms with Crippen molar-refractivity contribution in [3.63, 3.8) is 0 Å². The van der Waals surface area contributed by atoms with Crippen LogP contribution in [-0.4, -0.2) is 22.8 Å². The third-order valence-corrected chi connectivity index (χ3v) is 4.74. The Bertz CT molecular complexity index is 968. The average Bonchev–Trinajstić information content (AvgIpc) is 3.01. The number of hydrogen-bond donors (Lipinski definition) is 1. The van der Waals surface area contributed by atoms with E-state index in [-0.39, 0.29) is 5.91 Å². The van der Waals surface area contributed by atoms with Gasteiger partial charge in [-0.2, -0.15) is 5.10 Å². The Hall–Kier alpha value is -2.57. The normalized spacial score (nSPS) is 10.9. The number of rotatable bonds is 6. The van der Waals surface area contributed by atoms with Gasteiger partial charge in [-0.25, -0.2) is 0 Å². The first-order valence-corrected chi connectivity index (χ1v) is 9.32. The Kier molecular flexibility index (Phi) is 6.32. The van der Waals surface area contributed by atoms with Gasteiger partial charge in [0.2, 0.25) is 5.91 Å². The number of amides is 1. The SMILES string of the molecule is COc1ccc(/C=C/C(=O)Nc2nn(Cc3ccccc3Cl)cc2Br)cc1. The molecule has 0 spiro atoms. The summed E-state index contributed by atoms with van der Waals surface area (Å²) in [6, 6.07) is 15.0. The van der Waals surface area contributed by atoms with E-state index in [1.54, 1.807) is 24.1 Å². The fourth-order valence-corrected chi connectivity index (χ4v) is 3.02. The second-order valence-electron chi connectivity index (χ2n) is 5.71. The number of hydrogen-bond acceptors (Lipinski definition) is 3. The lowest BCUT2D eigenvalue weighted by molar-refractivity contribution is -0.111. The van der Waals surface area contributed by atoms with E-state index in [1.165, 1.54) is 6.08 Å². The van der Waals surface area contributed by atoms with Gasteiger partial charge in [0, 0.05) is 17.3 Å². The summed E-state index contributed by atoms with van der Waals surface area (Å²) in [6.45, 7) is 0.510. The van der Waals surface area contributed by atoms with Crippen molar-refractivity contribution in [3.05, 3.63) is 81.4 Å². The number of benzene rings is 2. The predicted octanol–water partition coefficient (Wildman–Crippen LogP) is 5.01. The Balaban J connectivity index is 1.64. The molecule has 0 unspecified atom stereocenters. The van der Waals surface area contributed by atoms with Crippen molar-refractivity contribution in [1.29, 1.82) is 0 Å². The van der Waals surface area contributed by atoms with Gasteiger partial charge >= 0.3 is 0 Å². The van der Waals surface area contributed by atoms with Crippen molar-refractivity contribution in [1.82, 2.24) is 9.78 Å².